The van der Waals surface area contributed by atoms with E-state index < -0.39 is 20.5 Å². The maximum Gasteiger partial charge on any atom is 0.178 e. The summed E-state index contributed by atoms with van der Waals surface area (Å²) in [6.45, 7) is 4.40. The van der Waals surface area contributed by atoms with Crippen LogP contribution in [0.25, 0.3) is 10.1 Å². The molecule has 3 aliphatic rings. The van der Waals surface area contributed by atoms with E-state index in [1.54, 1.807) is 11.3 Å². The molecule has 0 atom stereocenters. The van der Waals surface area contributed by atoms with Gasteiger partial charge in [-0.2, -0.15) is 5.26 Å². The number of benzene rings is 2. The van der Waals surface area contributed by atoms with Gasteiger partial charge in [-0.25, -0.2) is 12.8 Å². The van der Waals surface area contributed by atoms with Crippen molar-refractivity contribution < 1.29 is 22.3 Å². The average Bonchev–Trinajstić information content (AvgIpc) is 3.28. The van der Waals surface area contributed by atoms with Crippen LogP contribution in [0.3, 0.4) is 0 Å². The van der Waals surface area contributed by atoms with Crippen molar-refractivity contribution in [1.82, 2.24) is 4.90 Å². The number of hydrogen-bond donors (Lipinski definition) is 2. The number of thiophene rings is 1. The van der Waals surface area contributed by atoms with Crippen LogP contribution in [-0.2, 0) is 21.0 Å². The number of ether oxygens (including phenoxy) is 2. The Labute approximate surface area is 256 Å². The first-order valence-corrected chi connectivity index (χ1v) is 17.2. The minimum absolute atomic E-state index is 0.174. The summed E-state index contributed by atoms with van der Waals surface area (Å²) in [7, 11) is -2.34. The molecule has 0 unspecified atom stereocenters. The Morgan fingerprint density at radius 1 is 1.19 bits per heavy atom. The number of hydrogen-bond acceptors (Lipinski definition) is 9. The number of rotatable bonds is 8. The lowest BCUT2D eigenvalue weighted by molar-refractivity contribution is -0.200. The quantitative estimate of drug-likeness (QED) is 0.337. The van der Waals surface area contributed by atoms with Crippen LogP contribution in [0.5, 0.6) is 5.75 Å². The monoisotopic (exact) mass is 622 g/mol. The smallest absolute Gasteiger partial charge is 0.178 e. The van der Waals surface area contributed by atoms with Crippen molar-refractivity contribution in [2.45, 2.75) is 49.1 Å². The zero-order valence-electron chi connectivity index (χ0n) is 24.3. The van der Waals surface area contributed by atoms with Crippen molar-refractivity contribution in [3.63, 3.8) is 0 Å². The molecule has 2 saturated heterocycles. The topological polar surface area (TPSA) is 104 Å². The third-order valence-corrected chi connectivity index (χ3v) is 11.1. The lowest BCUT2D eigenvalue weighted by Gasteiger charge is -2.58. The van der Waals surface area contributed by atoms with Crippen molar-refractivity contribution >= 4 is 42.6 Å². The van der Waals surface area contributed by atoms with Gasteiger partial charge in [-0.15, -0.1) is 11.3 Å². The number of methoxy groups -OCH3 is 1. The molecule has 0 bridgehead atoms. The number of sulfone groups is 1. The molecular formula is C32H35FN4O4S2. The summed E-state index contributed by atoms with van der Waals surface area (Å²) >= 11 is 1.58. The Hall–Kier alpha value is -3.35. The summed E-state index contributed by atoms with van der Waals surface area (Å²) in [6, 6.07) is 11.8. The van der Waals surface area contributed by atoms with Gasteiger partial charge in [0.15, 0.2) is 9.84 Å². The van der Waals surface area contributed by atoms with Gasteiger partial charge in [0.1, 0.15) is 16.5 Å². The lowest BCUT2D eigenvalue weighted by Crippen LogP contribution is -2.68. The number of likely N-dealkylation sites (tertiary alicyclic amines) is 1. The van der Waals surface area contributed by atoms with Crippen molar-refractivity contribution in [1.29, 1.82) is 5.26 Å². The third kappa shape index (κ3) is 6.05. The Morgan fingerprint density at radius 2 is 1.95 bits per heavy atom. The number of fused-ring (bicyclic) bond motifs is 1. The Balaban J connectivity index is 1.14. The van der Waals surface area contributed by atoms with Gasteiger partial charge in [0.05, 0.1) is 60.3 Å². The summed E-state index contributed by atoms with van der Waals surface area (Å²) in [5, 5.41) is 17.4. The van der Waals surface area contributed by atoms with Gasteiger partial charge in [0.25, 0.3) is 0 Å². The van der Waals surface area contributed by atoms with Crippen LogP contribution in [0, 0.1) is 34.4 Å². The zero-order valence-corrected chi connectivity index (χ0v) is 26.0. The van der Waals surface area contributed by atoms with Crippen LogP contribution >= 0.6 is 11.3 Å². The predicted octanol–water partition coefficient (Wildman–Crippen LogP) is 5.04. The molecule has 1 saturated carbocycles. The van der Waals surface area contributed by atoms with Gasteiger partial charge < -0.3 is 20.1 Å². The predicted molar refractivity (Wildman–Crippen MR) is 167 cm³/mol. The number of halogens is 1. The van der Waals surface area contributed by atoms with Crippen LogP contribution in [0.1, 0.15) is 36.1 Å². The highest BCUT2D eigenvalue weighted by Gasteiger charge is 2.50. The molecule has 226 valence electrons. The highest BCUT2D eigenvalue weighted by atomic mass is 32.2. The maximum atomic E-state index is 14.5. The van der Waals surface area contributed by atoms with E-state index in [-0.39, 0.29) is 18.7 Å². The van der Waals surface area contributed by atoms with Crippen LogP contribution in [0.15, 0.2) is 35.2 Å². The SMILES string of the molecule is COc1cc(S(C)(=O)=O)c(F)cc1NCC#Cc1sc2c(NC3CCC(N4CC5(COC5)C4)CC3)cccc2c1CC#N. The molecule has 3 heterocycles. The second kappa shape index (κ2) is 12.0. The second-order valence-electron chi connectivity index (χ2n) is 11.9. The van der Waals surface area contributed by atoms with Gasteiger partial charge >= 0.3 is 0 Å². The van der Waals surface area contributed by atoms with E-state index in [1.165, 1.54) is 39.1 Å². The highest BCUT2D eigenvalue weighted by molar-refractivity contribution is 7.90. The Bertz CT molecular complexity index is 1730. The van der Waals surface area contributed by atoms with Crippen LogP contribution in [-0.4, -0.2) is 71.6 Å². The molecule has 0 radical (unpaired) electrons. The van der Waals surface area contributed by atoms with E-state index in [9.17, 15) is 18.1 Å². The normalized spacial score (nSPS) is 21.3. The molecule has 3 aromatic rings. The van der Waals surface area contributed by atoms with Crippen molar-refractivity contribution in [2.24, 2.45) is 5.41 Å². The Morgan fingerprint density at radius 3 is 2.60 bits per heavy atom. The van der Waals surface area contributed by atoms with Crippen LogP contribution < -0.4 is 15.4 Å². The van der Waals surface area contributed by atoms with E-state index in [0.29, 0.717) is 23.2 Å². The minimum atomic E-state index is -3.73. The van der Waals surface area contributed by atoms with E-state index in [4.69, 9.17) is 9.47 Å². The van der Waals surface area contributed by atoms with Gasteiger partial charge in [0.2, 0.25) is 0 Å². The molecule has 2 N–H and O–H groups in total. The van der Waals surface area contributed by atoms with Crippen molar-refractivity contribution in [3.05, 3.63) is 46.6 Å². The minimum Gasteiger partial charge on any atom is -0.495 e. The summed E-state index contributed by atoms with van der Waals surface area (Å²) in [6.07, 6.45) is 5.86. The van der Waals surface area contributed by atoms with E-state index in [0.717, 1.165) is 64.6 Å². The van der Waals surface area contributed by atoms with E-state index in [2.05, 4.69) is 39.5 Å². The van der Waals surface area contributed by atoms with Crippen molar-refractivity contribution in [2.75, 3.05) is 56.8 Å². The van der Waals surface area contributed by atoms with Gasteiger partial charge in [-0.05, 0) is 31.7 Å². The van der Waals surface area contributed by atoms with Crippen LogP contribution in [0.2, 0.25) is 0 Å². The fourth-order valence-corrected chi connectivity index (χ4v) is 8.39. The molecule has 1 aromatic heterocycles. The molecular weight excluding hydrogens is 588 g/mol. The molecule has 1 spiro atoms. The molecule has 3 fully saturated rings. The molecule has 2 aromatic carbocycles. The van der Waals surface area contributed by atoms with Gasteiger partial charge in [-0.1, -0.05) is 24.0 Å². The first-order valence-electron chi connectivity index (χ1n) is 14.5. The van der Waals surface area contributed by atoms with Crippen molar-refractivity contribution in [3.8, 4) is 23.7 Å². The summed E-state index contributed by atoms with van der Waals surface area (Å²) in [5.41, 5.74) is 2.76. The number of anilines is 2. The summed E-state index contributed by atoms with van der Waals surface area (Å²) < 4.78 is 50.0. The number of nitrogens with one attached hydrogen (secondary N) is 2. The number of nitriles is 1. The highest BCUT2D eigenvalue weighted by Crippen LogP contribution is 2.42. The standard InChI is InChI=1S/C32H35FN4O4S2/c1-40-28-16-30(43(2,38)39)25(33)15-27(28)35-14-4-7-29-23(12-13-34)24-5-3-6-26(31(24)42-29)36-21-8-10-22(11-9-21)37-17-32(18-37)19-41-20-32/h3,5-6,15-16,21-22,35-36H,8-12,14,17-20H2,1-2H3. The first kappa shape index (κ1) is 29.7. The largest absolute Gasteiger partial charge is 0.495 e. The zero-order chi connectivity index (χ0) is 30.2. The van der Waals surface area contributed by atoms with E-state index in [1.807, 2.05) is 12.1 Å². The maximum absolute atomic E-state index is 14.5. The summed E-state index contributed by atoms with van der Waals surface area (Å²) in [5.74, 6) is 5.64. The fourth-order valence-electron chi connectivity index (χ4n) is 6.48. The summed E-state index contributed by atoms with van der Waals surface area (Å²) in [4.78, 5) is 3.05. The molecule has 43 heavy (non-hydrogen) atoms. The van der Waals surface area contributed by atoms with Gasteiger partial charge in [-0.3, -0.25) is 4.90 Å². The second-order valence-corrected chi connectivity index (χ2v) is 14.9. The molecule has 2 aliphatic heterocycles. The molecule has 6 rings (SSSR count). The molecule has 1 aliphatic carbocycles. The van der Waals surface area contributed by atoms with Crippen LogP contribution in [0.4, 0.5) is 15.8 Å². The Kier molecular flexibility index (Phi) is 8.27. The number of nitrogens with zero attached hydrogens (tertiary/aromatic N) is 2. The third-order valence-electron chi connectivity index (χ3n) is 8.76. The average molecular weight is 623 g/mol. The molecule has 8 nitrogen and oxygen atoms in total. The van der Waals surface area contributed by atoms with Gasteiger partial charge in [0, 0.05) is 59.9 Å². The first-order chi connectivity index (χ1) is 20.7. The molecule has 0 amide bonds. The fraction of sp³-hybridized carbons (Fsp3) is 0.469. The molecule has 11 heteroatoms. The van der Waals surface area contributed by atoms with E-state index >= 15 is 0 Å². The lowest BCUT2D eigenvalue weighted by atomic mass is 9.75.